The van der Waals surface area contributed by atoms with Crippen molar-refractivity contribution in [3.8, 4) is 11.5 Å². The molecule has 0 aromatic heterocycles. The van der Waals surface area contributed by atoms with Crippen molar-refractivity contribution in [3.63, 3.8) is 0 Å². The van der Waals surface area contributed by atoms with Gasteiger partial charge in [-0.1, -0.05) is 44.2 Å². The SMILES string of the molecule is CC(c1ccc(Oc2ccccc2)cc1)[C@@H](C)C(=O)N[C@@H](CO[C@H]1OC(CO)[C@H](F)C(O)C1O)[C@H](O)[C@@H](C)O. The van der Waals surface area contributed by atoms with E-state index < -0.39 is 74.1 Å². The maximum atomic E-state index is 14.0. The predicted molar refractivity (Wildman–Crippen MR) is 139 cm³/mol. The van der Waals surface area contributed by atoms with Crippen LogP contribution in [0.15, 0.2) is 54.6 Å². The fraction of sp³-hybridized carbons (Fsp3) is 0.536. The van der Waals surface area contributed by atoms with Crippen molar-refractivity contribution in [1.29, 1.82) is 0 Å². The number of alkyl halides is 1. The summed E-state index contributed by atoms with van der Waals surface area (Å²) in [7, 11) is 0. The van der Waals surface area contributed by atoms with Crippen molar-refractivity contribution in [3.05, 3.63) is 60.2 Å². The highest BCUT2D eigenvalue weighted by Crippen LogP contribution is 2.29. The molecule has 2 aromatic rings. The van der Waals surface area contributed by atoms with Gasteiger partial charge in [0, 0.05) is 5.92 Å². The molecule has 10 nitrogen and oxygen atoms in total. The summed E-state index contributed by atoms with van der Waals surface area (Å²) in [5.74, 6) is 0.132. The highest BCUT2D eigenvalue weighted by Gasteiger charge is 2.45. The fourth-order valence-corrected chi connectivity index (χ4v) is 4.23. The van der Waals surface area contributed by atoms with E-state index in [4.69, 9.17) is 14.2 Å². The standard InChI is InChI=1S/C28H38FNO9/c1-15(18-9-11-20(12-10-18)38-19-7-5-4-6-8-19)16(2)27(36)30-21(24(33)17(3)32)14-37-28-26(35)25(34)23(29)22(13-31)39-28/h4-12,15-17,21-26,28,31-35H,13-14H2,1-3H3,(H,30,36)/t15?,16-,17-,21+,22?,23+,24-,25?,26?,28+/m1/s1. The molecule has 216 valence electrons. The number of nitrogens with one attached hydrogen (secondary N) is 1. The zero-order chi connectivity index (χ0) is 28.7. The number of benzene rings is 2. The number of ether oxygens (including phenoxy) is 3. The first kappa shape index (κ1) is 30.9. The zero-order valence-corrected chi connectivity index (χ0v) is 22.1. The monoisotopic (exact) mass is 551 g/mol. The van der Waals surface area contributed by atoms with Gasteiger partial charge in [-0.2, -0.15) is 0 Å². The molecule has 1 amide bonds. The van der Waals surface area contributed by atoms with Crippen LogP contribution in [-0.4, -0.2) is 93.7 Å². The van der Waals surface area contributed by atoms with Crippen LogP contribution in [0.5, 0.6) is 11.5 Å². The Kier molecular flexibility index (Phi) is 11.2. The third kappa shape index (κ3) is 7.95. The Morgan fingerprint density at radius 2 is 1.62 bits per heavy atom. The second-order valence-corrected chi connectivity index (χ2v) is 9.89. The Hall–Kier alpha value is -2.64. The van der Waals surface area contributed by atoms with Gasteiger partial charge in [0.1, 0.15) is 35.9 Å². The Balaban J connectivity index is 1.62. The maximum Gasteiger partial charge on any atom is 0.223 e. The molecule has 10 atom stereocenters. The average Bonchev–Trinajstić information content (AvgIpc) is 2.94. The van der Waals surface area contributed by atoms with E-state index in [1.165, 1.54) is 6.92 Å². The normalized spacial score (nSPS) is 27.2. The van der Waals surface area contributed by atoms with E-state index in [1.807, 2.05) is 61.5 Å². The number of aliphatic hydroxyl groups is 5. The molecule has 1 heterocycles. The molecular weight excluding hydrogens is 513 g/mol. The predicted octanol–water partition coefficient (Wildman–Crippen LogP) is 1.24. The summed E-state index contributed by atoms with van der Waals surface area (Å²) >= 11 is 0. The summed E-state index contributed by atoms with van der Waals surface area (Å²) in [5, 5.41) is 52.4. The summed E-state index contributed by atoms with van der Waals surface area (Å²) in [5.41, 5.74) is 0.880. The lowest BCUT2D eigenvalue weighted by Crippen LogP contribution is -2.59. The van der Waals surface area contributed by atoms with Crippen molar-refractivity contribution < 1.29 is 48.9 Å². The summed E-state index contributed by atoms with van der Waals surface area (Å²) < 4.78 is 30.5. The lowest BCUT2D eigenvalue weighted by atomic mass is 9.88. The Morgan fingerprint density at radius 1 is 1.00 bits per heavy atom. The van der Waals surface area contributed by atoms with Crippen molar-refractivity contribution in [1.82, 2.24) is 5.32 Å². The molecule has 1 aliphatic heterocycles. The molecule has 0 aliphatic carbocycles. The number of para-hydroxylation sites is 1. The van der Waals surface area contributed by atoms with Gasteiger partial charge in [0.25, 0.3) is 0 Å². The third-order valence-electron chi connectivity index (χ3n) is 7.02. The first-order valence-corrected chi connectivity index (χ1v) is 12.9. The number of amides is 1. The average molecular weight is 552 g/mol. The molecule has 1 saturated heterocycles. The topological polar surface area (TPSA) is 158 Å². The minimum atomic E-state index is -2.02. The van der Waals surface area contributed by atoms with Gasteiger partial charge in [0.15, 0.2) is 12.5 Å². The lowest BCUT2D eigenvalue weighted by molar-refractivity contribution is -0.293. The first-order chi connectivity index (χ1) is 18.5. The molecule has 4 unspecified atom stereocenters. The molecule has 0 saturated carbocycles. The molecule has 2 aromatic carbocycles. The van der Waals surface area contributed by atoms with Gasteiger partial charge in [-0.05, 0) is 42.7 Å². The number of hydrogen-bond acceptors (Lipinski definition) is 9. The minimum Gasteiger partial charge on any atom is -0.457 e. The van der Waals surface area contributed by atoms with E-state index in [9.17, 15) is 34.7 Å². The Labute approximate surface area is 227 Å². The number of rotatable bonds is 12. The molecule has 1 aliphatic rings. The molecule has 6 N–H and O–H groups in total. The maximum absolute atomic E-state index is 14.0. The number of carbonyl (C=O) groups excluding carboxylic acids is 1. The summed E-state index contributed by atoms with van der Waals surface area (Å²) in [6.45, 7) is 3.74. The number of aliphatic hydroxyl groups excluding tert-OH is 5. The largest absolute Gasteiger partial charge is 0.457 e. The number of carbonyl (C=O) groups is 1. The highest BCUT2D eigenvalue weighted by molar-refractivity contribution is 5.79. The minimum absolute atomic E-state index is 0.230. The van der Waals surface area contributed by atoms with Crippen LogP contribution < -0.4 is 10.1 Å². The van der Waals surface area contributed by atoms with E-state index >= 15 is 0 Å². The van der Waals surface area contributed by atoms with Crippen LogP contribution in [0.3, 0.4) is 0 Å². The van der Waals surface area contributed by atoms with Gasteiger partial charge in [-0.25, -0.2) is 4.39 Å². The smallest absolute Gasteiger partial charge is 0.223 e. The number of hydrogen-bond donors (Lipinski definition) is 6. The van der Waals surface area contributed by atoms with Crippen LogP contribution in [0.1, 0.15) is 32.3 Å². The summed E-state index contributed by atoms with van der Waals surface area (Å²) in [6.07, 6.45) is -11.3. The molecule has 0 bridgehead atoms. The van der Waals surface area contributed by atoms with Gasteiger partial charge >= 0.3 is 0 Å². The molecule has 3 rings (SSSR count). The first-order valence-electron chi connectivity index (χ1n) is 12.9. The van der Waals surface area contributed by atoms with Gasteiger partial charge in [0.2, 0.25) is 5.91 Å². The van der Waals surface area contributed by atoms with Crippen LogP contribution in [0, 0.1) is 5.92 Å². The van der Waals surface area contributed by atoms with Gasteiger partial charge in [-0.15, -0.1) is 0 Å². The van der Waals surface area contributed by atoms with Crippen LogP contribution in [0.2, 0.25) is 0 Å². The molecule has 0 spiro atoms. The molecular formula is C28H38FNO9. The second kappa shape index (κ2) is 14.1. The van der Waals surface area contributed by atoms with E-state index in [-0.39, 0.29) is 5.92 Å². The zero-order valence-electron chi connectivity index (χ0n) is 22.1. The summed E-state index contributed by atoms with van der Waals surface area (Å²) in [6, 6.07) is 15.5. The van der Waals surface area contributed by atoms with Crippen molar-refractivity contribution in [2.45, 2.75) is 75.7 Å². The quantitative estimate of drug-likeness (QED) is 0.228. The van der Waals surface area contributed by atoms with Crippen LogP contribution in [0.25, 0.3) is 0 Å². The van der Waals surface area contributed by atoms with Crippen LogP contribution >= 0.6 is 0 Å². The number of halogens is 1. The Bertz CT molecular complexity index is 1020. The van der Waals surface area contributed by atoms with E-state index in [0.29, 0.717) is 11.5 Å². The van der Waals surface area contributed by atoms with Crippen LogP contribution in [0.4, 0.5) is 4.39 Å². The fourth-order valence-electron chi connectivity index (χ4n) is 4.23. The van der Waals surface area contributed by atoms with Gasteiger partial charge < -0.3 is 45.1 Å². The van der Waals surface area contributed by atoms with E-state index in [1.54, 1.807) is 6.92 Å². The molecule has 0 radical (unpaired) electrons. The Morgan fingerprint density at radius 3 is 2.21 bits per heavy atom. The van der Waals surface area contributed by atoms with E-state index in [0.717, 1.165) is 5.56 Å². The second-order valence-electron chi connectivity index (χ2n) is 9.89. The van der Waals surface area contributed by atoms with E-state index in [2.05, 4.69) is 5.32 Å². The van der Waals surface area contributed by atoms with Crippen LogP contribution in [-0.2, 0) is 14.3 Å². The molecule has 39 heavy (non-hydrogen) atoms. The van der Waals surface area contributed by atoms with Gasteiger partial charge in [0.05, 0.1) is 25.4 Å². The highest BCUT2D eigenvalue weighted by atomic mass is 19.1. The molecule has 1 fully saturated rings. The van der Waals surface area contributed by atoms with Gasteiger partial charge in [-0.3, -0.25) is 4.79 Å². The molecule has 11 heteroatoms. The summed E-state index contributed by atoms with van der Waals surface area (Å²) in [4.78, 5) is 13.1. The third-order valence-corrected chi connectivity index (χ3v) is 7.02. The van der Waals surface area contributed by atoms with Crippen molar-refractivity contribution >= 4 is 5.91 Å². The van der Waals surface area contributed by atoms with Crippen molar-refractivity contribution in [2.75, 3.05) is 13.2 Å². The lowest BCUT2D eigenvalue weighted by Gasteiger charge is -2.39. The van der Waals surface area contributed by atoms with Crippen molar-refractivity contribution in [2.24, 2.45) is 5.92 Å².